The van der Waals surface area contributed by atoms with E-state index >= 15 is 0 Å². The molecule has 0 saturated heterocycles. The lowest BCUT2D eigenvalue weighted by molar-refractivity contribution is -0.120. The second-order valence-corrected chi connectivity index (χ2v) is 7.90. The van der Waals surface area contributed by atoms with E-state index in [0.717, 1.165) is 14.2 Å². The van der Waals surface area contributed by atoms with Gasteiger partial charge in [-0.3, -0.25) is 4.79 Å². The molecule has 6 nitrogen and oxygen atoms in total. The molecule has 0 aromatic heterocycles. The Morgan fingerprint density at radius 1 is 1.00 bits per heavy atom. The molecule has 2 rings (SSSR count). The minimum atomic E-state index is -3.78. The van der Waals surface area contributed by atoms with E-state index in [9.17, 15) is 13.2 Å². The lowest BCUT2D eigenvalue weighted by atomic mass is 10.1. The van der Waals surface area contributed by atoms with Crippen LogP contribution in [0.15, 0.2) is 60.7 Å². The van der Waals surface area contributed by atoms with Gasteiger partial charge in [-0.15, -0.1) is 0 Å². The van der Waals surface area contributed by atoms with E-state index in [4.69, 9.17) is 0 Å². The first-order valence-electron chi connectivity index (χ1n) is 7.92. The maximum atomic E-state index is 12.6. The lowest BCUT2D eigenvalue weighted by Gasteiger charge is -2.27. The van der Waals surface area contributed by atoms with E-state index < -0.39 is 10.2 Å². The minimum Gasteiger partial charge on any atom is -0.348 e. The summed E-state index contributed by atoms with van der Waals surface area (Å²) in [7, 11) is -0.901. The van der Waals surface area contributed by atoms with Gasteiger partial charge >= 0.3 is 10.2 Å². The van der Waals surface area contributed by atoms with Crippen molar-refractivity contribution in [1.82, 2.24) is 9.62 Å². The summed E-state index contributed by atoms with van der Waals surface area (Å²) in [6.07, 6.45) is 0. The molecule has 0 aliphatic carbocycles. The van der Waals surface area contributed by atoms with Crippen LogP contribution in [0.25, 0.3) is 0 Å². The molecule has 0 heterocycles. The number of carbonyl (C=O) groups is 1. The van der Waals surface area contributed by atoms with Gasteiger partial charge < -0.3 is 5.32 Å². The zero-order valence-corrected chi connectivity index (χ0v) is 15.4. The molecule has 25 heavy (non-hydrogen) atoms. The summed E-state index contributed by atoms with van der Waals surface area (Å²) in [6.45, 7) is 1.57. The summed E-state index contributed by atoms with van der Waals surface area (Å²) in [6, 6.07) is 17.9. The van der Waals surface area contributed by atoms with Crippen molar-refractivity contribution in [3.8, 4) is 0 Å². The topological polar surface area (TPSA) is 69.7 Å². The zero-order valence-electron chi connectivity index (χ0n) is 14.6. The van der Waals surface area contributed by atoms with Gasteiger partial charge in [0, 0.05) is 14.1 Å². The van der Waals surface area contributed by atoms with Gasteiger partial charge in [-0.2, -0.15) is 12.7 Å². The van der Waals surface area contributed by atoms with Crippen LogP contribution in [0, 0.1) is 0 Å². The van der Waals surface area contributed by atoms with Crippen molar-refractivity contribution in [2.45, 2.75) is 13.0 Å². The average molecular weight is 361 g/mol. The van der Waals surface area contributed by atoms with Gasteiger partial charge in [0.1, 0.15) is 6.54 Å². The second-order valence-electron chi connectivity index (χ2n) is 5.83. The van der Waals surface area contributed by atoms with Crippen molar-refractivity contribution in [1.29, 1.82) is 0 Å². The number of para-hydroxylation sites is 1. The minimum absolute atomic E-state index is 0.214. The Kier molecular flexibility index (Phi) is 6.17. The molecule has 1 amide bonds. The van der Waals surface area contributed by atoms with Gasteiger partial charge in [0.05, 0.1) is 11.7 Å². The highest BCUT2D eigenvalue weighted by Crippen LogP contribution is 2.19. The monoisotopic (exact) mass is 361 g/mol. The largest absolute Gasteiger partial charge is 0.348 e. The third-order valence-corrected chi connectivity index (χ3v) is 5.57. The standard InChI is InChI=1S/C18H23N3O3S/c1-15(16-10-6-4-7-11-16)19-18(22)14-21(25(23,24)20(2)3)17-12-8-5-9-13-17/h4-13,15H,14H2,1-3H3,(H,19,22)/t15-/m1/s1. The summed E-state index contributed by atoms with van der Waals surface area (Å²) < 4.78 is 27.4. The summed E-state index contributed by atoms with van der Waals surface area (Å²) in [5, 5.41) is 2.84. The normalized spacial score (nSPS) is 12.6. The number of nitrogens with zero attached hydrogens (tertiary/aromatic N) is 2. The molecule has 0 unspecified atom stereocenters. The summed E-state index contributed by atoms with van der Waals surface area (Å²) in [5.74, 6) is -0.370. The summed E-state index contributed by atoms with van der Waals surface area (Å²) in [5.41, 5.74) is 1.40. The van der Waals surface area contributed by atoms with Crippen molar-refractivity contribution in [2.75, 3.05) is 24.9 Å². The van der Waals surface area contributed by atoms with Gasteiger partial charge in [0.15, 0.2) is 0 Å². The van der Waals surface area contributed by atoms with Crippen LogP contribution >= 0.6 is 0 Å². The van der Waals surface area contributed by atoms with Gasteiger partial charge in [0.2, 0.25) is 5.91 Å². The molecule has 134 valence electrons. The number of hydrogen-bond donors (Lipinski definition) is 1. The quantitative estimate of drug-likeness (QED) is 0.822. The molecular weight excluding hydrogens is 338 g/mol. The molecule has 2 aromatic rings. The number of anilines is 1. The Labute approximate surface area is 149 Å². The molecule has 0 saturated carbocycles. The lowest BCUT2D eigenvalue weighted by Crippen LogP contribution is -2.46. The number of hydrogen-bond acceptors (Lipinski definition) is 3. The first kappa shape index (κ1) is 19.0. The predicted octanol–water partition coefficient (Wildman–Crippen LogP) is 2.18. The van der Waals surface area contributed by atoms with E-state index in [0.29, 0.717) is 5.69 Å². The van der Waals surface area contributed by atoms with E-state index in [2.05, 4.69) is 5.32 Å². The van der Waals surface area contributed by atoms with Crippen LogP contribution in [0.1, 0.15) is 18.5 Å². The van der Waals surface area contributed by atoms with Crippen LogP contribution in [0.5, 0.6) is 0 Å². The molecule has 0 bridgehead atoms. The molecular formula is C18H23N3O3S. The third-order valence-electron chi connectivity index (χ3n) is 3.75. The summed E-state index contributed by atoms with van der Waals surface area (Å²) in [4.78, 5) is 12.4. The Balaban J connectivity index is 2.18. The fourth-order valence-electron chi connectivity index (χ4n) is 2.34. The first-order valence-corrected chi connectivity index (χ1v) is 9.31. The smallest absolute Gasteiger partial charge is 0.304 e. The fraction of sp³-hybridized carbons (Fsp3) is 0.278. The molecule has 0 fully saturated rings. The van der Waals surface area contributed by atoms with E-state index in [1.807, 2.05) is 37.3 Å². The number of amides is 1. The van der Waals surface area contributed by atoms with Crippen LogP contribution in [0.4, 0.5) is 5.69 Å². The summed E-state index contributed by atoms with van der Waals surface area (Å²) >= 11 is 0. The van der Waals surface area contributed by atoms with E-state index in [1.54, 1.807) is 30.3 Å². The SMILES string of the molecule is C[C@@H](NC(=O)CN(c1ccccc1)S(=O)(=O)N(C)C)c1ccccc1. The third kappa shape index (κ3) is 4.80. The Morgan fingerprint density at radius 2 is 1.52 bits per heavy atom. The van der Waals surface area contributed by atoms with Crippen LogP contribution in [0.3, 0.4) is 0 Å². The molecule has 0 aliphatic rings. The van der Waals surface area contributed by atoms with Crippen LogP contribution in [0.2, 0.25) is 0 Å². The molecule has 7 heteroatoms. The van der Waals surface area contributed by atoms with Crippen molar-refractivity contribution in [3.63, 3.8) is 0 Å². The molecule has 0 spiro atoms. The Hall–Kier alpha value is -2.38. The fourth-order valence-corrected chi connectivity index (χ4v) is 3.40. The van der Waals surface area contributed by atoms with E-state index in [1.165, 1.54) is 14.1 Å². The maximum absolute atomic E-state index is 12.6. The molecule has 0 aliphatic heterocycles. The molecule has 2 aromatic carbocycles. The highest BCUT2D eigenvalue weighted by molar-refractivity contribution is 7.90. The van der Waals surface area contributed by atoms with Crippen LogP contribution in [-0.4, -0.2) is 39.3 Å². The molecule has 0 radical (unpaired) electrons. The Bertz CT molecular complexity index is 793. The van der Waals surface area contributed by atoms with Gasteiger partial charge in [-0.05, 0) is 24.6 Å². The first-order chi connectivity index (χ1) is 11.8. The average Bonchev–Trinajstić information content (AvgIpc) is 2.61. The molecule has 1 N–H and O–H groups in total. The van der Waals surface area contributed by atoms with Gasteiger partial charge in [0.25, 0.3) is 0 Å². The maximum Gasteiger partial charge on any atom is 0.304 e. The highest BCUT2D eigenvalue weighted by atomic mass is 32.2. The van der Waals surface area contributed by atoms with Gasteiger partial charge in [-0.25, -0.2) is 4.31 Å². The van der Waals surface area contributed by atoms with Crippen molar-refractivity contribution >= 4 is 21.8 Å². The highest BCUT2D eigenvalue weighted by Gasteiger charge is 2.27. The van der Waals surface area contributed by atoms with Crippen molar-refractivity contribution < 1.29 is 13.2 Å². The van der Waals surface area contributed by atoms with E-state index in [-0.39, 0.29) is 18.5 Å². The second kappa shape index (κ2) is 8.13. The van der Waals surface area contributed by atoms with Crippen LogP contribution in [-0.2, 0) is 15.0 Å². The van der Waals surface area contributed by atoms with Gasteiger partial charge in [-0.1, -0.05) is 48.5 Å². The van der Waals surface area contributed by atoms with Crippen LogP contribution < -0.4 is 9.62 Å². The zero-order chi connectivity index (χ0) is 18.4. The van der Waals surface area contributed by atoms with Crippen molar-refractivity contribution in [3.05, 3.63) is 66.2 Å². The predicted molar refractivity (Wildman–Crippen MR) is 99.4 cm³/mol. The number of nitrogens with one attached hydrogen (secondary N) is 1. The number of carbonyl (C=O) groups excluding carboxylic acids is 1. The number of rotatable bonds is 7. The number of benzene rings is 2. The molecule has 1 atom stereocenters. The van der Waals surface area contributed by atoms with Crippen molar-refractivity contribution in [2.24, 2.45) is 0 Å². The Morgan fingerprint density at radius 3 is 2.04 bits per heavy atom.